The molecule has 4 aromatic heterocycles. The first kappa shape index (κ1) is 17.4. The molecule has 0 atom stereocenters. The van der Waals surface area contributed by atoms with Gasteiger partial charge in [-0.3, -0.25) is 24.2 Å². The average molecular weight is 399 g/mol. The summed E-state index contributed by atoms with van der Waals surface area (Å²) in [5, 5.41) is 3.59. The predicted octanol–water partition coefficient (Wildman–Crippen LogP) is -0.0181. The first-order valence-electron chi connectivity index (χ1n) is 9.12. The molecule has 0 amide bonds. The molecule has 1 saturated heterocycles. The van der Waals surface area contributed by atoms with Crippen LogP contribution in [0.1, 0.15) is 24.4 Å². The Kier molecular flexibility index (Phi) is 4.05. The zero-order valence-electron chi connectivity index (χ0n) is 15.2. The van der Waals surface area contributed by atoms with Crippen LogP contribution < -0.4 is 17.0 Å². The predicted molar refractivity (Wildman–Crippen MR) is 98.9 cm³/mol. The van der Waals surface area contributed by atoms with Crippen molar-refractivity contribution in [1.29, 1.82) is 0 Å². The molecular weight excluding hydrogens is 382 g/mol. The maximum atomic E-state index is 12.5. The Morgan fingerprint density at radius 3 is 2.69 bits per heavy atom. The number of H-pyrrole nitrogens is 2. The number of hydrogen-bond donors (Lipinski definition) is 2. The van der Waals surface area contributed by atoms with Crippen LogP contribution in [-0.2, 0) is 6.54 Å². The number of likely N-dealkylation sites (tertiary alicyclic amines) is 1. The maximum absolute atomic E-state index is 12.5. The van der Waals surface area contributed by atoms with Crippen LogP contribution in [0, 0.1) is 0 Å². The van der Waals surface area contributed by atoms with Crippen molar-refractivity contribution in [3.8, 4) is 5.95 Å². The SMILES string of the molecule is O=c1[nH]c(-n2c(=O)[nH]c(=O)c3ncn(C4CCN(Cc5ccoc5)CC4)c32)no1. The van der Waals surface area contributed by atoms with Gasteiger partial charge in [0, 0.05) is 31.2 Å². The molecule has 0 spiro atoms. The van der Waals surface area contributed by atoms with Gasteiger partial charge in [0.2, 0.25) is 0 Å². The molecule has 0 radical (unpaired) electrons. The molecule has 0 bridgehead atoms. The molecule has 5 heterocycles. The maximum Gasteiger partial charge on any atom is 0.440 e. The summed E-state index contributed by atoms with van der Waals surface area (Å²) in [5.41, 5.74) is 0.159. The third kappa shape index (κ3) is 3.02. The van der Waals surface area contributed by atoms with E-state index in [1.807, 2.05) is 6.07 Å². The molecule has 0 aromatic carbocycles. The first-order chi connectivity index (χ1) is 14.1. The lowest BCUT2D eigenvalue weighted by molar-refractivity contribution is 0.180. The Morgan fingerprint density at radius 2 is 2.00 bits per heavy atom. The third-order valence-corrected chi connectivity index (χ3v) is 5.20. The van der Waals surface area contributed by atoms with Crippen LogP contribution in [-0.4, -0.2) is 47.2 Å². The highest BCUT2D eigenvalue weighted by molar-refractivity contribution is 5.71. The molecule has 0 unspecified atom stereocenters. The van der Waals surface area contributed by atoms with Crippen LogP contribution in [0.5, 0.6) is 0 Å². The third-order valence-electron chi connectivity index (χ3n) is 5.20. The van der Waals surface area contributed by atoms with Crippen LogP contribution in [0.15, 0.2) is 48.2 Å². The van der Waals surface area contributed by atoms with Crippen LogP contribution in [0.2, 0.25) is 0 Å². The second kappa shape index (κ2) is 6.74. The summed E-state index contributed by atoms with van der Waals surface area (Å²) in [6, 6.07) is 1.98. The van der Waals surface area contributed by atoms with Crippen molar-refractivity contribution in [3.05, 3.63) is 61.9 Å². The quantitative estimate of drug-likeness (QED) is 0.486. The van der Waals surface area contributed by atoms with Crippen molar-refractivity contribution < 1.29 is 8.94 Å². The standard InChI is InChI=1S/C17H17N7O5/c25-13-12-14(24(16(26)19-13)15-20-17(27)29-21-15)23(9-18-12)11-1-4-22(5-2-11)7-10-3-6-28-8-10/h3,6,8-9,11H,1-2,4-5,7H2,(H,19,25,26)(H,20,21,27). The van der Waals surface area contributed by atoms with E-state index in [0.717, 1.165) is 42.6 Å². The van der Waals surface area contributed by atoms with Gasteiger partial charge in [-0.2, -0.15) is 0 Å². The minimum absolute atomic E-state index is 0.0340. The summed E-state index contributed by atoms with van der Waals surface area (Å²) < 4.78 is 12.5. The van der Waals surface area contributed by atoms with Gasteiger partial charge in [0.1, 0.15) is 0 Å². The summed E-state index contributed by atoms with van der Waals surface area (Å²) in [5.74, 6) is -0.912. The van der Waals surface area contributed by atoms with Gasteiger partial charge >= 0.3 is 11.4 Å². The molecule has 150 valence electrons. The number of fused-ring (bicyclic) bond motifs is 1. The van der Waals surface area contributed by atoms with Gasteiger partial charge in [-0.25, -0.2) is 19.1 Å². The van der Waals surface area contributed by atoms with Crippen molar-refractivity contribution in [3.63, 3.8) is 0 Å². The molecule has 1 fully saturated rings. The Morgan fingerprint density at radius 1 is 1.17 bits per heavy atom. The fraction of sp³-hybridized carbons (Fsp3) is 0.353. The molecule has 0 aliphatic carbocycles. The first-order valence-corrected chi connectivity index (χ1v) is 9.12. The van der Waals surface area contributed by atoms with E-state index in [9.17, 15) is 14.4 Å². The van der Waals surface area contributed by atoms with E-state index >= 15 is 0 Å². The Labute approximate surface area is 161 Å². The minimum atomic E-state index is -0.801. The lowest BCUT2D eigenvalue weighted by Gasteiger charge is -2.32. The highest BCUT2D eigenvalue weighted by Crippen LogP contribution is 2.26. The van der Waals surface area contributed by atoms with E-state index in [2.05, 4.69) is 29.5 Å². The van der Waals surface area contributed by atoms with Crippen LogP contribution >= 0.6 is 0 Å². The second-order valence-electron chi connectivity index (χ2n) is 6.98. The molecule has 12 heteroatoms. The number of aromatic nitrogens is 6. The molecule has 1 aliphatic heterocycles. The molecule has 5 rings (SSSR count). The molecule has 29 heavy (non-hydrogen) atoms. The Hall–Kier alpha value is -3.67. The van der Waals surface area contributed by atoms with Crippen molar-refractivity contribution in [2.75, 3.05) is 13.1 Å². The van der Waals surface area contributed by atoms with Crippen LogP contribution in [0.4, 0.5) is 0 Å². The van der Waals surface area contributed by atoms with Gasteiger partial charge in [-0.1, -0.05) is 0 Å². The summed E-state index contributed by atoms with van der Waals surface area (Å²) in [6.07, 6.45) is 6.55. The zero-order chi connectivity index (χ0) is 20.0. The smallest absolute Gasteiger partial charge is 0.440 e. The van der Waals surface area contributed by atoms with Gasteiger partial charge in [-0.05, 0) is 24.1 Å². The molecule has 2 N–H and O–H groups in total. The van der Waals surface area contributed by atoms with E-state index in [0.29, 0.717) is 0 Å². The summed E-state index contributed by atoms with van der Waals surface area (Å²) in [7, 11) is 0. The largest absolute Gasteiger partial charge is 0.472 e. The van der Waals surface area contributed by atoms with Crippen molar-refractivity contribution >= 4 is 11.2 Å². The number of rotatable bonds is 4. The molecule has 1 aliphatic rings. The van der Waals surface area contributed by atoms with Crippen molar-refractivity contribution in [2.24, 2.45) is 0 Å². The number of aromatic amines is 2. The van der Waals surface area contributed by atoms with Gasteiger partial charge in [-0.15, -0.1) is 0 Å². The van der Waals surface area contributed by atoms with E-state index in [1.54, 1.807) is 23.4 Å². The molecule has 12 nitrogen and oxygen atoms in total. The van der Waals surface area contributed by atoms with Crippen LogP contribution in [0.3, 0.4) is 0 Å². The van der Waals surface area contributed by atoms with E-state index in [1.165, 1.54) is 0 Å². The molecule has 4 aromatic rings. The average Bonchev–Trinajstić information content (AvgIpc) is 3.44. The number of hydrogen-bond acceptors (Lipinski definition) is 8. The topological polar surface area (TPSA) is 148 Å². The monoisotopic (exact) mass is 399 g/mol. The van der Waals surface area contributed by atoms with E-state index in [-0.39, 0.29) is 23.2 Å². The number of nitrogens with one attached hydrogen (secondary N) is 2. The number of imidazole rings is 1. The fourth-order valence-corrected chi connectivity index (χ4v) is 3.82. The van der Waals surface area contributed by atoms with Crippen LogP contribution in [0.25, 0.3) is 17.1 Å². The Balaban J connectivity index is 1.51. The van der Waals surface area contributed by atoms with Gasteiger partial charge in [0.05, 0.1) is 18.9 Å². The highest BCUT2D eigenvalue weighted by atomic mass is 16.5. The number of nitrogens with zero attached hydrogens (tertiary/aromatic N) is 5. The number of furan rings is 1. The Bertz CT molecular complexity index is 1310. The lowest BCUT2D eigenvalue weighted by atomic mass is 10.0. The van der Waals surface area contributed by atoms with E-state index < -0.39 is 17.0 Å². The normalized spacial score (nSPS) is 16.0. The zero-order valence-corrected chi connectivity index (χ0v) is 15.2. The van der Waals surface area contributed by atoms with Gasteiger partial charge in [0.25, 0.3) is 11.5 Å². The van der Waals surface area contributed by atoms with Crippen molar-refractivity contribution in [2.45, 2.75) is 25.4 Å². The van der Waals surface area contributed by atoms with Gasteiger partial charge in [0.15, 0.2) is 11.2 Å². The second-order valence-corrected chi connectivity index (χ2v) is 6.98. The molecular formula is C17H17N7O5. The number of piperidine rings is 1. The molecule has 0 saturated carbocycles. The van der Waals surface area contributed by atoms with E-state index in [4.69, 9.17) is 4.42 Å². The summed E-state index contributed by atoms with van der Waals surface area (Å²) in [4.78, 5) is 47.1. The highest BCUT2D eigenvalue weighted by Gasteiger charge is 2.25. The lowest BCUT2D eigenvalue weighted by Crippen LogP contribution is -2.35. The summed E-state index contributed by atoms with van der Waals surface area (Å²) >= 11 is 0. The van der Waals surface area contributed by atoms with Crippen molar-refractivity contribution in [1.82, 2.24) is 34.1 Å². The summed E-state index contributed by atoms with van der Waals surface area (Å²) in [6.45, 7) is 2.48. The van der Waals surface area contributed by atoms with Gasteiger partial charge < -0.3 is 8.98 Å². The fourth-order valence-electron chi connectivity index (χ4n) is 3.82. The minimum Gasteiger partial charge on any atom is -0.472 e.